The zero-order valence-electron chi connectivity index (χ0n) is 10.9. The lowest BCUT2D eigenvalue weighted by Gasteiger charge is -2.18. The SMILES string of the molecule is CCNC(=O)CN1CCN(c2ccc(N)cc2)C1=O. The molecule has 0 unspecified atom stereocenters. The summed E-state index contributed by atoms with van der Waals surface area (Å²) in [6.45, 7) is 3.67. The highest BCUT2D eigenvalue weighted by Gasteiger charge is 2.30. The second kappa shape index (κ2) is 5.60. The number of amides is 3. The van der Waals surface area contributed by atoms with E-state index in [4.69, 9.17) is 5.73 Å². The lowest BCUT2D eigenvalue weighted by molar-refractivity contribution is -0.121. The van der Waals surface area contributed by atoms with Crippen molar-refractivity contribution in [2.45, 2.75) is 6.92 Å². The van der Waals surface area contributed by atoms with Crippen molar-refractivity contribution in [3.8, 4) is 0 Å². The summed E-state index contributed by atoms with van der Waals surface area (Å²) in [6, 6.07) is 6.99. The Morgan fingerprint density at radius 3 is 2.63 bits per heavy atom. The molecule has 0 bridgehead atoms. The van der Waals surface area contributed by atoms with Crippen LogP contribution in [0.5, 0.6) is 0 Å². The molecular formula is C13H18N4O2. The summed E-state index contributed by atoms with van der Waals surface area (Å²) in [7, 11) is 0. The minimum atomic E-state index is -0.143. The first-order valence-corrected chi connectivity index (χ1v) is 6.30. The van der Waals surface area contributed by atoms with E-state index in [0.717, 1.165) is 5.69 Å². The first kappa shape index (κ1) is 13.2. The van der Waals surface area contributed by atoms with Crippen LogP contribution in [0.15, 0.2) is 24.3 Å². The maximum atomic E-state index is 12.2. The molecule has 0 aromatic heterocycles. The van der Waals surface area contributed by atoms with Gasteiger partial charge in [-0.25, -0.2) is 4.79 Å². The molecule has 102 valence electrons. The van der Waals surface area contributed by atoms with Gasteiger partial charge in [0.1, 0.15) is 6.54 Å². The van der Waals surface area contributed by atoms with Gasteiger partial charge in [-0.2, -0.15) is 0 Å². The van der Waals surface area contributed by atoms with E-state index in [9.17, 15) is 9.59 Å². The molecule has 0 atom stereocenters. The van der Waals surface area contributed by atoms with E-state index < -0.39 is 0 Å². The largest absolute Gasteiger partial charge is 0.399 e. The molecule has 2 rings (SSSR count). The third kappa shape index (κ3) is 2.96. The summed E-state index contributed by atoms with van der Waals surface area (Å²) >= 11 is 0. The number of anilines is 2. The summed E-state index contributed by atoms with van der Waals surface area (Å²) < 4.78 is 0. The van der Waals surface area contributed by atoms with Crippen molar-refractivity contribution in [3.05, 3.63) is 24.3 Å². The smallest absolute Gasteiger partial charge is 0.325 e. The molecule has 1 heterocycles. The van der Waals surface area contributed by atoms with Crippen LogP contribution >= 0.6 is 0 Å². The highest BCUT2D eigenvalue weighted by Crippen LogP contribution is 2.21. The molecule has 1 aliphatic rings. The van der Waals surface area contributed by atoms with Gasteiger partial charge in [0.25, 0.3) is 0 Å². The lowest BCUT2D eigenvalue weighted by atomic mass is 10.2. The molecule has 6 heteroatoms. The van der Waals surface area contributed by atoms with Crippen LogP contribution in [0.1, 0.15) is 6.92 Å². The molecule has 0 aliphatic carbocycles. The van der Waals surface area contributed by atoms with Crippen molar-refractivity contribution in [1.82, 2.24) is 10.2 Å². The molecule has 0 saturated carbocycles. The second-order valence-corrected chi connectivity index (χ2v) is 4.40. The number of nitrogens with two attached hydrogens (primary N) is 1. The van der Waals surface area contributed by atoms with E-state index >= 15 is 0 Å². The number of carbonyl (C=O) groups is 2. The summed E-state index contributed by atoms with van der Waals surface area (Å²) in [5.41, 5.74) is 7.08. The van der Waals surface area contributed by atoms with E-state index in [1.54, 1.807) is 21.9 Å². The normalized spacial score (nSPS) is 14.9. The molecule has 3 N–H and O–H groups in total. The minimum absolute atomic E-state index is 0.109. The predicted molar refractivity (Wildman–Crippen MR) is 73.9 cm³/mol. The average Bonchev–Trinajstić information content (AvgIpc) is 2.73. The number of hydrogen-bond acceptors (Lipinski definition) is 3. The van der Waals surface area contributed by atoms with Crippen LogP contribution < -0.4 is 16.0 Å². The third-order valence-corrected chi connectivity index (χ3v) is 3.01. The Balaban J connectivity index is 2.01. The zero-order valence-corrected chi connectivity index (χ0v) is 10.9. The van der Waals surface area contributed by atoms with Crippen molar-refractivity contribution in [3.63, 3.8) is 0 Å². The standard InChI is InChI=1S/C13H18N4O2/c1-2-15-12(18)9-16-7-8-17(13(16)19)11-5-3-10(14)4-6-11/h3-6H,2,7-9,14H2,1H3,(H,15,18). The van der Waals surface area contributed by atoms with E-state index in [1.165, 1.54) is 0 Å². The predicted octanol–water partition coefficient (Wildman–Crippen LogP) is 0.647. The number of hydrogen-bond donors (Lipinski definition) is 2. The highest BCUT2D eigenvalue weighted by atomic mass is 16.2. The van der Waals surface area contributed by atoms with E-state index in [2.05, 4.69) is 5.32 Å². The number of carbonyl (C=O) groups excluding carboxylic acids is 2. The van der Waals surface area contributed by atoms with Gasteiger partial charge in [0.05, 0.1) is 0 Å². The van der Waals surface area contributed by atoms with Crippen molar-refractivity contribution < 1.29 is 9.59 Å². The molecule has 0 radical (unpaired) electrons. The first-order chi connectivity index (χ1) is 9.11. The van der Waals surface area contributed by atoms with Gasteiger partial charge >= 0.3 is 6.03 Å². The van der Waals surface area contributed by atoms with Gasteiger partial charge in [0, 0.05) is 31.0 Å². The van der Waals surface area contributed by atoms with Crippen LogP contribution in [0.4, 0.5) is 16.2 Å². The fraction of sp³-hybridized carbons (Fsp3) is 0.385. The summed E-state index contributed by atoms with van der Waals surface area (Å²) in [6.07, 6.45) is 0. The first-order valence-electron chi connectivity index (χ1n) is 6.30. The van der Waals surface area contributed by atoms with Crippen LogP contribution in [-0.2, 0) is 4.79 Å². The molecule has 3 amide bonds. The molecule has 19 heavy (non-hydrogen) atoms. The monoisotopic (exact) mass is 262 g/mol. The summed E-state index contributed by atoms with van der Waals surface area (Å²) in [4.78, 5) is 26.9. The zero-order chi connectivity index (χ0) is 13.8. The Morgan fingerprint density at radius 2 is 2.00 bits per heavy atom. The Kier molecular flexibility index (Phi) is 3.89. The average molecular weight is 262 g/mol. The Bertz CT molecular complexity index is 472. The summed E-state index contributed by atoms with van der Waals surface area (Å²) in [5, 5.41) is 2.69. The van der Waals surface area contributed by atoms with Crippen LogP contribution in [0, 0.1) is 0 Å². The molecule has 6 nitrogen and oxygen atoms in total. The van der Waals surface area contributed by atoms with E-state index in [0.29, 0.717) is 25.3 Å². The number of rotatable bonds is 4. The minimum Gasteiger partial charge on any atom is -0.399 e. The number of urea groups is 1. The Labute approximate surface area is 112 Å². The number of likely N-dealkylation sites (N-methyl/N-ethyl adjacent to an activating group) is 1. The molecular weight excluding hydrogens is 244 g/mol. The van der Waals surface area contributed by atoms with Crippen molar-refractivity contribution in [2.24, 2.45) is 0 Å². The Hall–Kier alpha value is -2.24. The maximum absolute atomic E-state index is 12.2. The van der Waals surface area contributed by atoms with Gasteiger partial charge in [0.2, 0.25) is 5.91 Å². The number of benzene rings is 1. The van der Waals surface area contributed by atoms with Gasteiger partial charge in [-0.1, -0.05) is 0 Å². The van der Waals surface area contributed by atoms with Crippen LogP contribution in [0.2, 0.25) is 0 Å². The Morgan fingerprint density at radius 1 is 1.32 bits per heavy atom. The topological polar surface area (TPSA) is 78.7 Å². The van der Waals surface area contributed by atoms with E-state index in [1.807, 2.05) is 19.1 Å². The van der Waals surface area contributed by atoms with Crippen molar-refractivity contribution >= 4 is 23.3 Å². The van der Waals surface area contributed by atoms with Crippen LogP contribution in [0.3, 0.4) is 0 Å². The van der Waals surface area contributed by atoms with Crippen molar-refractivity contribution in [1.29, 1.82) is 0 Å². The maximum Gasteiger partial charge on any atom is 0.325 e. The van der Waals surface area contributed by atoms with Gasteiger partial charge in [-0.15, -0.1) is 0 Å². The van der Waals surface area contributed by atoms with Crippen LogP contribution in [0.25, 0.3) is 0 Å². The van der Waals surface area contributed by atoms with Crippen LogP contribution in [-0.4, -0.2) is 43.0 Å². The molecule has 0 spiro atoms. The third-order valence-electron chi connectivity index (χ3n) is 3.01. The lowest BCUT2D eigenvalue weighted by Crippen LogP contribution is -2.39. The fourth-order valence-electron chi connectivity index (χ4n) is 2.05. The quantitative estimate of drug-likeness (QED) is 0.782. The number of nitrogen functional groups attached to an aromatic ring is 1. The molecule has 1 aromatic carbocycles. The fourth-order valence-corrected chi connectivity index (χ4v) is 2.05. The molecule has 1 saturated heterocycles. The van der Waals surface area contributed by atoms with Gasteiger partial charge in [-0.3, -0.25) is 9.69 Å². The summed E-state index contributed by atoms with van der Waals surface area (Å²) in [5.74, 6) is -0.130. The van der Waals surface area contributed by atoms with Gasteiger partial charge < -0.3 is 16.0 Å². The van der Waals surface area contributed by atoms with E-state index in [-0.39, 0.29) is 18.5 Å². The van der Waals surface area contributed by atoms with Crippen molar-refractivity contribution in [2.75, 3.05) is 36.8 Å². The van der Waals surface area contributed by atoms with Gasteiger partial charge in [-0.05, 0) is 31.2 Å². The molecule has 1 fully saturated rings. The highest BCUT2D eigenvalue weighted by molar-refractivity contribution is 5.96. The second-order valence-electron chi connectivity index (χ2n) is 4.40. The van der Waals surface area contributed by atoms with Gasteiger partial charge in [0.15, 0.2) is 0 Å². The number of nitrogens with one attached hydrogen (secondary N) is 1. The number of nitrogens with zero attached hydrogens (tertiary/aromatic N) is 2. The molecule has 1 aliphatic heterocycles. The molecule has 1 aromatic rings.